The van der Waals surface area contributed by atoms with Crippen molar-refractivity contribution in [2.45, 2.75) is 11.3 Å². The van der Waals surface area contributed by atoms with Crippen LogP contribution in [-0.4, -0.2) is 24.7 Å². The number of nitrogens with two attached hydrogens (primary N) is 1. The van der Waals surface area contributed by atoms with Gasteiger partial charge in [0.25, 0.3) is 0 Å². The quantitative estimate of drug-likeness (QED) is 0.844. The lowest BCUT2D eigenvalue weighted by molar-refractivity contribution is 0.598. The van der Waals surface area contributed by atoms with Gasteiger partial charge in [0.2, 0.25) is 10.0 Å². The minimum absolute atomic E-state index is 0.112. The van der Waals surface area contributed by atoms with Gasteiger partial charge in [-0.05, 0) is 24.1 Å². The Hall–Kier alpha value is -1.86. The van der Waals surface area contributed by atoms with E-state index >= 15 is 0 Å². The molecule has 0 radical (unpaired) electrons. The molecule has 0 amide bonds. The van der Waals surface area contributed by atoms with E-state index < -0.39 is 10.0 Å². The van der Waals surface area contributed by atoms with Crippen LogP contribution in [0.3, 0.4) is 0 Å². The van der Waals surface area contributed by atoms with Gasteiger partial charge in [-0.2, -0.15) is 5.10 Å². The summed E-state index contributed by atoms with van der Waals surface area (Å²) < 4.78 is 24.6. The second-order valence-electron chi connectivity index (χ2n) is 4.24. The Kier molecular flexibility index (Phi) is 3.87. The van der Waals surface area contributed by atoms with Crippen LogP contribution in [0.4, 0.5) is 5.69 Å². The molecule has 0 atom stereocenters. The van der Waals surface area contributed by atoms with E-state index in [2.05, 4.69) is 10.4 Å². The van der Waals surface area contributed by atoms with Crippen LogP contribution in [0.5, 0.6) is 0 Å². The second-order valence-corrected chi connectivity index (χ2v) is 5.77. The zero-order valence-corrected chi connectivity index (χ0v) is 11.4. The Labute approximate surface area is 112 Å². The van der Waals surface area contributed by atoms with E-state index in [1.54, 1.807) is 29.1 Å². The number of aromatic nitrogens is 2. The zero-order chi connectivity index (χ0) is 13.9. The zero-order valence-electron chi connectivity index (χ0n) is 10.6. The standard InChI is InChI=1S/C12H16N4O2S/c1-16-9-10(8-15-16)6-7-14-11-4-2-3-5-12(11)19(13,17)18/h2-5,8-9,14H,6-7H2,1H3,(H2,13,17,18). The van der Waals surface area contributed by atoms with Gasteiger partial charge < -0.3 is 5.32 Å². The summed E-state index contributed by atoms with van der Waals surface area (Å²) in [6, 6.07) is 6.60. The number of aryl methyl sites for hydroxylation is 1. The van der Waals surface area contributed by atoms with Crippen molar-refractivity contribution in [1.29, 1.82) is 0 Å². The smallest absolute Gasteiger partial charge is 0.240 e. The first-order valence-electron chi connectivity index (χ1n) is 5.80. The first-order valence-corrected chi connectivity index (χ1v) is 7.34. The van der Waals surface area contributed by atoms with Crippen molar-refractivity contribution in [3.8, 4) is 0 Å². The summed E-state index contributed by atoms with van der Waals surface area (Å²) >= 11 is 0. The highest BCUT2D eigenvalue weighted by molar-refractivity contribution is 7.89. The Morgan fingerprint density at radius 1 is 1.37 bits per heavy atom. The summed E-state index contributed by atoms with van der Waals surface area (Å²) in [5, 5.41) is 12.3. The largest absolute Gasteiger partial charge is 0.384 e. The molecule has 19 heavy (non-hydrogen) atoms. The molecule has 6 nitrogen and oxygen atoms in total. The maximum Gasteiger partial charge on any atom is 0.240 e. The van der Waals surface area contributed by atoms with Gasteiger partial charge in [-0.3, -0.25) is 4.68 Å². The number of rotatable bonds is 5. The number of para-hydroxylation sites is 1. The van der Waals surface area contributed by atoms with E-state index in [9.17, 15) is 8.42 Å². The summed E-state index contributed by atoms with van der Waals surface area (Å²) in [5.41, 5.74) is 1.61. The van der Waals surface area contributed by atoms with Gasteiger partial charge >= 0.3 is 0 Å². The lowest BCUT2D eigenvalue weighted by Gasteiger charge is -2.09. The lowest BCUT2D eigenvalue weighted by atomic mass is 10.2. The van der Waals surface area contributed by atoms with E-state index in [0.29, 0.717) is 12.2 Å². The molecule has 0 fully saturated rings. The third kappa shape index (κ3) is 3.55. The van der Waals surface area contributed by atoms with Crippen molar-refractivity contribution in [2.24, 2.45) is 12.2 Å². The second kappa shape index (κ2) is 5.41. The molecule has 0 saturated heterocycles. The van der Waals surface area contributed by atoms with E-state index in [1.807, 2.05) is 13.2 Å². The molecule has 1 aromatic heterocycles. The van der Waals surface area contributed by atoms with E-state index in [4.69, 9.17) is 5.14 Å². The number of sulfonamides is 1. The Bertz CT molecular complexity index is 664. The molecule has 1 aromatic carbocycles. The molecule has 0 unspecified atom stereocenters. The maximum absolute atomic E-state index is 11.4. The van der Waals surface area contributed by atoms with Crippen LogP contribution in [0, 0.1) is 0 Å². The first-order chi connectivity index (χ1) is 8.97. The molecule has 1 heterocycles. The van der Waals surface area contributed by atoms with Crippen LogP contribution in [0.15, 0.2) is 41.6 Å². The molecule has 0 bridgehead atoms. The summed E-state index contributed by atoms with van der Waals surface area (Å²) in [4.78, 5) is 0.112. The molecule has 102 valence electrons. The molecule has 2 aromatic rings. The number of nitrogens with one attached hydrogen (secondary N) is 1. The van der Waals surface area contributed by atoms with Crippen molar-refractivity contribution >= 4 is 15.7 Å². The van der Waals surface area contributed by atoms with Gasteiger partial charge in [0.05, 0.1) is 11.9 Å². The van der Waals surface area contributed by atoms with Crippen molar-refractivity contribution < 1.29 is 8.42 Å². The summed E-state index contributed by atoms with van der Waals surface area (Å²) in [7, 11) is -1.85. The van der Waals surface area contributed by atoms with Gasteiger partial charge in [0, 0.05) is 19.8 Å². The highest BCUT2D eigenvalue weighted by Gasteiger charge is 2.12. The highest BCUT2D eigenvalue weighted by Crippen LogP contribution is 2.19. The molecule has 2 rings (SSSR count). The Balaban J connectivity index is 2.04. The van der Waals surface area contributed by atoms with Gasteiger partial charge in [-0.25, -0.2) is 13.6 Å². The van der Waals surface area contributed by atoms with Gasteiger partial charge in [-0.15, -0.1) is 0 Å². The van der Waals surface area contributed by atoms with Crippen LogP contribution in [0.2, 0.25) is 0 Å². The number of hydrogen-bond acceptors (Lipinski definition) is 4. The molecule has 0 aliphatic heterocycles. The SMILES string of the molecule is Cn1cc(CCNc2ccccc2S(N)(=O)=O)cn1. The van der Waals surface area contributed by atoms with E-state index in [1.165, 1.54) is 6.07 Å². The number of nitrogens with zero attached hydrogens (tertiary/aromatic N) is 2. The molecule has 3 N–H and O–H groups in total. The maximum atomic E-state index is 11.4. The van der Waals surface area contributed by atoms with Crippen LogP contribution >= 0.6 is 0 Å². The third-order valence-electron chi connectivity index (χ3n) is 2.68. The van der Waals surface area contributed by atoms with Gasteiger partial charge in [0.15, 0.2) is 0 Å². The van der Waals surface area contributed by atoms with E-state index in [-0.39, 0.29) is 4.90 Å². The Morgan fingerprint density at radius 3 is 2.74 bits per heavy atom. The summed E-state index contributed by atoms with van der Waals surface area (Å²) in [5.74, 6) is 0. The molecule has 7 heteroatoms. The Morgan fingerprint density at radius 2 is 2.11 bits per heavy atom. The average Bonchev–Trinajstić information content (AvgIpc) is 2.74. The predicted octanol–water partition coefficient (Wildman–Crippen LogP) is 0.722. The molecular formula is C12H16N4O2S. The topological polar surface area (TPSA) is 90.0 Å². The third-order valence-corrected chi connectivity index (χ3v) is 3.65. The number of benzene rings is 1. The molecule has 0 aliphatic carbocycles. The van der Waals surface area contributed by atoms with Crippen LogP contribution < -0.4 is 10.5 Å². The first kappa shape index (κ1) is 13.6. The van der Waals surface area contributed by atoms with Crippen molar-refractivity contribution in [2.75, 3.05) is 11.9 Å². The predicted molar refractivity (Wildman–Crippen MR) is 73.2 cm³/mol. The number of primary sulfonamides is 1. The fourth-order valence-electron chi connectivity index (χ4n) is 1.80. The molecule has 0 saturated carbocycles. The number of hydrogen-bond donors (Lipinski definition) is 2. The minimum Gasteiger partial charge on any atom is -0.384 e. The number of anilines is 1. The lowest BCUT2D eigenvalue weighted by Crippen LogP contribution is -2.15. The normalized spacial score (nSPS) is 11.5. The monoisotopic (exact) mass is 280 g/mol. The van der Waals surface area contributed by atoms with Gasteiger partial charge in [0.1, 0.15) is 4.90 Å². The fraction of sp³-hybridized carbons (Fsp3) is 0.250. The average molecular weight is 280 g/mol. The van der Waals surface area contributed by atoms with Crippen molar-refractivity contribution in [3.63, 3.8) is 0 Å². The van der Waals surface area contributed by atoms with Crippen LogP contribution in [-0.2, 0) is 23.5 Å². The van der Waals surface area contributed by atoms with E-state index in [0.717, 1.165) is 12.0 Å². The summed E-state index contributed by atoms with van der Waals surface area (Å²) in [6.45, 7) is 0.609. The molecule has 0 aliphatic rings. The highest BCUT2D eigenvalue weighted by atomic mass is 32.2. The van der Waals surface area contributed by atoms with Crippen molar-refractivity contribution in [1.82, 2.24) is 9.78 Å². The van der Waals surface area contributed by atoms with Crippen LogP contribution in [0.1, 0.15) is 5.56 Å². The summed E-state index contributed by atoms with van der Waals surface area (Å²) in [6.07, 6.45) is 4.47. The van der Waals surface area contributed by atoms with Gasteiger partial charge in [-0.1, -0.05) is 12.1 Å². The fourth-order valence-corrected chi connectivity index (χ4v) is 2.52. The molecular weight excluding hydrogens is 264 g/mol. The van der Waals surface area contributed by atoms with Crippen LogP contribution in [0.25, 0.3) is 0 Å². The molecule has 0 spiro atoms. The minimum atomic E-state index is -3.70. The van der Waals surface area contributed by atoms with Crippen molar-refractivity contribution in [3.05, 3.63) is 42.2 Å².